The Morgan fingerprint density at radius 3 is 2.87 bits per heavy atom. The summed E-state index contributed by atoms with van der Waals surface area (Å²) in [7, 11) is 0. The minimum atomic E-state index is -0.533. The van der Waals surface area contributed by atoms with Crippen LogP contribution in [0.5, 0.6) is 0 Å². The summed E-state index contributed by atoms with van der Waals surface area (Å²) in [6.07, 6.45) is 1.67. The van der Waals surface area contributed by atoms with Crippen LogP contribution in [0.2, 0.25) is 0 Å². The standard InChI is InChI=1S/C15H16FN3O4/c16-12-3-1-11(2-4-12)7-13-8-18(5-6-22-13)14(20)9-19-10-15(21)23-17-19/h1-4,10,13H,5-9H2/p+1/t13-/m1/s1. The molecule has 1 saturated heterocycles. The lowest BCUT2D eigenvalue weighted by Gasteiger charge is -2.32. The summed E-state index contributed by atoms with van der Waals surface area (Å²) < 4.78 is 24.4. The number of hydrogen-bond acceptors (Lipinski definition) is 4. The van der Waals surface area contributed by atoms with E-state index in [1.54, 1.807) is 17.0 Å². The van der Waals surface area contributed by atoms with E-state index in [1.165, 1.54) is 23.0 Å². The number of hydrogen-bond donors (Lipinski definition) is 1. The second kappa shape index (κ2) is 6.74. The number of carbonyl (C=O) groups is 1. The molecular formula is C15H17FN3O4+. The Morgan fingerprint density at radius 2 is 2.17 bits per heavy atom. The third kappa shape index (κ3) is 4.04. The van der Waals surface area contributed by atoms with Gasteiger partial charge in [-0.25, -0.2) is 9.18 Å². The van der Waals surface area contributed by atoms with Crippen molar-refractivity contribution in [1.82, 2.24) is 10.2 Å². The number of rotatable bonds is 4. The summed E-state index contributed by atoms with van der Waals surface area (Å²) >= 11 is 0. The second-order valence-corrected chi connectivity index (χ2v) is 5.43. The fourth-order valence-electron chi connectivity index (χ4n) is 2.56. The molecule has 0 spiro atoms. The molecule has 1 aliphatic rings. The van der Waals surface area contributed by atoms with Crippen LogP contribution in [0.25, 0.3) is 0 Å². The van der Waals surface area contributed by atoms with Gasteiger partial charge in [0.2, 0.25) is 0 Å². The molecule has 2 heterocycles. The third-order valence-corrected chi connectivity index (χ3v) is 3.70. The van der Waals surface area contributed by atoms with Gasteiger partial charge in [-0.3, -0.25) is 9.32 Å². The maximum atomic E-state index is 12.9. The average Bonchev–Trinajstić information content (AvgIpc) is 2.95. The highest BCUT2D eigenvalue weighted by atomic mass is 19.1. The number of halogens is 1. The van der Waals surface area contributed by atoms with E-state index < -0.39 is 5.63 Å². The zero-order valence-electron chi connectivity index (χ0n) is 12.4. The quantitative estimate of drug-likeness (QED) is 0.795. The molecule has 1 aromatic heterocycles. The molecule has 7 nitrogen and oxygen atoms in total. The van der Waals surface area contributed by atoms with Crippen LogP contribution in [0.15, 0.2) is 39.8 Å². The first-order valence-corrected chi connectivity index (χ1v) is 7.32. The molecule has 0 unspecified atom stereocenters. The van der Waals surface area contributed by atoms with Gasteiger partial charge in [0.1, 0.15) is 5.82 Å². The summed E-state index contributed by atoms with van der Waals surface area (Å²) in [6.45, 7) is 1.42. The average molecular weight is 322 g/mol. The number of nitrogens with one attached hydrogen (secondary N) is 1. The first kappa shape index (κ1) is 15.4. The van der Waals surface area contributed by atoms with E-state index in [-0.39, 0.29) is 24.4 Å². The lowest BCUT2D eigenvalue weighted by atomic mass is 10.1. The smallest absolute Gasteiger partial charge is 0.374 e. The number of morpholine rings is 1. The van der Waals surface area contributed by atoms with Gasteiger partial charge in [0.25, 0.3) is 18.6 Å². The van der Waals surface area contributed by atoms with Crippen molar-refractivity contribution < 1.29 is 23.1 Å². The number of nitrogens with zero attached hydrogens (tertiary/aromatic N) is 2. The zero-order chi connectivity index (χ0) is 16.2. The van der Waals surface area contributed by atoms with Gasteiger partial charge >= 0.3 is 5.63 Å². The molecule has 122 valence electrons. The summed E-state index contributed by atoms with van der Waals surface area (Å²) in [5.74, 6) is -0.402. The van der Waals surface area contributed by atoms with E-state index in [9.17, 15) is 14.0 Å². The molecule has 0 radical (unpaired) electrons. The van der Waals surface area contributed by atoms with E-state index in [0.29, 0.717) is 26.1 Å². The van der Waals surface area contributed by atoms with Crippen LogP contribution in [-0.2, 0) is 22.5 Å². The summed E-state index contributed by atoms with van der Waals surface area (Å²) in [4.78, 5) is 24.9. The Hall–Kier alpha value is -2.48. The van der Waals surface area contributed by atoms with Gasteiger partial charge in [0.15, 0.2) is 0 Å². The Bertz CT molecular complexity index is 725. The van der Waals surface area contributed by atoms with Crippen molar-refractivity contribution in [3.05, 3.63) is 52.3 Å². The first-order valence-electron chi connectivity index (χ1n) is 7.32. The number of carbonyl (C=O) groups excluding carboxylic acids is 1. The highest BCUT2D eigenvalue weighted by molar-refractivity contribution is 5.74. The van der Waals surface area contributed by atoms with E-state index in [0.717, 1.165) is 5.56 Å². The molecule has 1 aliphatic heterocycles. The van der Waals surface area contributed by atoms with Gasteiger partial charge < -0.3 is 9.64 Å². The molecule has 1 aromatic carbocycles. The van der Waals surface area contributed by atoms with Crippen LogP contribution in [0.3, 0.4) is 0 Å². The molecule has 0 aliphatic carbocycles. The van der Waals surface area contributed by atoms with Crippen LogP contribution in [0.4, 0.5) is 4.39 Å². The van der Waals surface area contributed by atoms with Crippen molar-refractivity contribution in [2.24, 2.45) is 0 Å². The van der Waals surface area contributed by atoms with Crippen molar-refractivity contribution >= 4 is 5.91 Å². The zero-order valence-corrected chi connectivity index (χ0v) is 12.4. The summed E-state index contributed by atoms with van der Waals surface area (Å²) in [5.41, 5.74) is 0.424. The molecule has 0 bridgehead atoms. The third-order valence-electron chi connectivity index (χ3n) is 3.70. The predicted molar refractivity (Wildman–Crippen MR) is 75.9 cm³/mol. The molecular weight excluding hydrogens is 305 g/mol. The number of aromatic nitrogens is 2. The minimum absolute atomic E-state index is 0.00894. The Labute approximate surface area is 131 Å². The lowest BCUT2D eigenvalue weighted by Crippen LogP contribution is -2.51. The molecule has 8 heteroatoms. The van der Waals surface area contributed by atoms with Gasteiger partial charge in [-0.15, -0.1) is 0 Å². The van der Waals surface area contributed by atoms with Crippen molar-refractivity contribution in [3.8, 4) is 0 Å². The lowest BCUT2D eigenvalue weighted by molar-refractivity contribution is -0.751. The minimum Gasteiger partial charge on any atom is -0.374 e. The van der Waals surface area contributed by atoms with Crippen molar-refractivity contribution in [3.63, 3.8) is 0 Å². The van der Waals surface area contributed by atoms with Crippen LogP contribution in [0.1, 0.15) is 5.56 Å². The highest BCUT2D eigenvalue weighted by Crippen LogP contribution is 2.12. The van der Waals surface area contributed by atoms with E-state index in [1.807, 2.05) is 0 Å². The maximum absolute atomic E-state index is 12.9. The van der Waals surface area contributed by atoms with E-state index >= 15 is 0 Å². The number of aromatic amines is 1. The van der Waals surface area contributed by atoms with Gasteiger partial charge in [0, 0.05) is 19.5 Å². The number of ether oxygens (including phenoxy) is 1. The first-order chi connectivity index (χ1) is 11.1. The van der Waals surface area contributed by atoms with Crippen LogP contribution < -0.4 is 10.3 Å². The fourth-order valence-corrected chi connectivity index (χ4v) is 2.56. The van der Waals surface area contributed by atoms with Crippen molar-refractivity contribution in [2.45, 2.75) is 19.1 Å². The topological polar surface area (TPSA) is 79.4 Å². The predicted octanol–water partition coefficient (Wildman–Crippen LogP) is -0.135. The molecule has 1 fully saturated rings. The van der Waals surface area contributed by atoms with Crippen LogP contribution >= 0.6 is 0 Å². The molecule has 1 N–H and O–H groups in total. The Morgan fingerprint density at radius 1 is 1.39 bits per heavy atom. The van der Waals surface area contributed by atoms with Gasteiger partial charge in [-0.1, -0.05) is 16.8 Å². The second-order valence-electron chi connectivity index (χ2n) is 5.43. The molecule has 23 heavy (non-hydrogen) atoms. The SMILES string of the molecule is O=C(C[n+]1cc(=O)o[nH]1)N1CCO[C@H](Cc2ccc(F)cc2)C1. The fraction of sp³-hybridized carbons (Fsp3) is 0.400. The summed E-state index contributed by atoms with van der Waals surface area (Å²) in [5, 5.41) is 2.35. The monoisotopic (exact) mass is 322 g/mol. The van der Waals surface area contributed by atoms with Crippen LogP contribution in [0, 0.1) is 5.82 Å². The van der Waals surface area contributed by atoms with Gasteiger partial charge in [-0.2, -0.15) is 0 Å². The van der Waals surface area contributed by atoms with Gasteiger partial charge in [0.05, 0.1) is 12.7 Å². The highest BCUT2D eigenvalue weighted by Gasteiger charge is 2.27. The van der Waals surface area contributed by atoms with E-state index in [4.69, 9.17) is 4.74 Å². The molecule has 1 atom stereocenters. The molecule has 3 rings (SSSR count). The Balaban J connectivity index is 1.58. The molecule has 0 saturated carbocycles. The van der Waals surface area contributed by atoms with Gasteiger partial charge in [-0.05, 0) is 23.0 Å². The van der Waals surface area contributed by atoms with Crippen molar-refractivity contribution in [2.75, 3.05) is 19.7 Å². The molecule has 2 aromatic rings. The largest absolute Gasteiger partial charge is 0.426 e. The van der Waals surface area contributed by atoms with E-state index in [2.05, 4.69) is 9.79 Å². The number of H-pyrrole nitrogens is 1. The maximum Gasteiger partial charge on any atom is 0.426 e. The van der Waals surface area contributed by atoms with Crippen LogP contribution in [-0.4, -0.2) is 41.9 Å². The number of amides is 1. The molecule has 1 amide bonds. The van der Waals surface area contributed by atoms with Crippen molar-refractivity contribution in [1.29, 1.82) is 0 Å². The Kier molecular flexibility index (Phi) is 4.52. The number of benzene rings is 1. The summed E-state index contributed by atoms with van der Waals surface area (Å²) in [6, 6.07) is 6.25. The normalized spacial score (nSPS) is 18.1.